The first kappa shape index (κ1) is 20.3. The Hall–Kier alpha value is -3.60. The van der Waals surface area contributed by atoms with Gasteiger partial charge < -0.3 is 14.6 Å². The van der Waals surface area contributed by atoms with Crippen LogP contribution in [-0.2, 0) is 6.42 Å². The molecular weight excluding hydrogens is 398 g/mol. The van der Waals surface area contributed by atoms with Gasteiger partial charge in [-0.1, -0.05) is 55.0 Å². The highest BCUT2D eigenvalue weighted by Gasteiger charge is 2.33. The molecule has 0 aliphatic carbocycles. The molecule has 0 radical (unpaired) electrons. The van der Waals surface area contributed by atoms with E-state index in [1.165, 1.54) is 11.1 Å². The number of likely N-dealkylation sites (tertiary alicyclic amines) is 1. The molecule has 3 aromatic carbocycles. The fourth-order valence-electron chi connectivity index (χ4n) is 4.38. The largest absolute Gasteiger partial charge is 0.438 e. The zero-order valence-corrected chi connectivity index (χ0v) is 18.5. The number of nitrogens with one attached hydrogen (secondary N) is 1. The van der Waals surface area contributed by atoms with Crippen LogP contribution in [0.25, 0.3) is 22.2 Å². The Morgan fingerprint density at radius 2 is 1.91 bits per heavy atom. The van der Waals surface area contributed by atoms with Crippen molar-refractivity contribution in [3.8, 4) is 11.1 Å². The lowest BCUT2D eigenvalue weighted by atomic mass is 10.0. The summed E-state index contributed by atoms with van der Waals surface area (Å²) in [4.78, 5) is 19.6. The fourth-order valence-corrected chi connectivity index (χ4v) is 4.38. The highest BCUT2D eigenvalue weighted by atomic mass is 16.4. The average Bonchev–Trinajstić information content (AvgIpc) is 3.46. The molecule has 32 heavy (non-hydrogen) atoms. The second-order valence-electron chi connectivity index (χ2n) is 8.44. The minimum atomic E-state index is -0.153. The minimum absolute atomic E-state index is 0.112. The predicted octanol–water partition coefficient (Wildman–Crippen LogP) is 6.73. The van der Waals surface area contributed by atoms with E-state index >= 15 is 0 Å². The summed E-state index contributed by atoms with van der Waals surface area (Å²) < 4.78 is 6.09. The van der Waals surface area contributed by atoms with Crippen molar-refractivity contribution in [3.05, 3.63) is 83.7 Å². The third-order valence-electron chi connectivity index (χ3n) is 6.17. The van der Waals surface area contributed by atoms with Gasteiger partial charge in [-0.25, -0.2) is 9.78 Å². The maximum absolute atomic E-state index is 13.0. The molecule has 5 nitrogen and oxygen atoms in total. The lowest BCUT2D eigenvalue weighted by Gasteiger charge is -2.22. The van der Waals surface area contributed by atoms with Crippen molar-refractivity contribution in [1.82, 2.24) is 9.88 Å². The average molecular weight is 426 g/mol. The molecule has 1 N–H and O–H groups in total. The molecule has 1 aliphatic rings. The number of carbonyl (C=O) groups is 1. The van der Waals surface area contributed by atoms with Gasteiger partial charge in [-0.2, -0.15) is 0 Å². The summed E-state index contributed by atoms with van der Waals surface area (Å²) in [6.07, 6.45) is 2.76. The van der Waals surface area contributed by atoms with Crippen LogP contribution in [0, 0.1) is 6.92 Å². The van der Waals surface area contributed by atoms with E-state index in [1.807, 2.05) is 35.2 Å². The van der Waals surface area contributed by atoms with Crippen LogP contribution >= 0.6 is 0 Å². The molecule has 0 bridgehead atoms. The summed E-state index contributed by atoms with van der Waals surface area (Å²) in [5.74, 6) is 0.607. The Morgan fingerprint density at radius 3 is 2.69 bits per heavy atom. The SMILES string of the molecule is CCc1ccc(NC(=O)N2CCCC2c2nc3cc(-c4cccc(C)c4)ccc3o2)cc1. The van der Waals surface area contributed by atoms with E-state index in [0.29, 0.717) is 12.4 Å². The smallest absolute Gasteiger partial charge is 0.322 e. The van der Waals surface area contributed by atoms with Crippen LogP contribution in [-0.4, -0.2) is 22.5 Å². The van der Waals surface area contributed by atoms with Crippen LogP contribution in [0.5, 0.6) is 0 Å². The van der Waals surface area contributed by atoms with Crippen LogP contribution in [0.1, 0.15) is 42.8 Å². The van der Waals surface area contributed by atoms with Gasteiger partial charge >= 0.3 is 6.03 Å². The second-order valence-corrected chi connectivity index (χ2v) is 8.44. The first-order chi connectivity index (χ1) is 15.6. The van der Waals surface area contributed by atoms with Crippen LogP contribution in [0.2, 0.25) is 0 Å². The van der Waals surface area contributed by atoms with Crippen molar-refractivity contribution in [3.63, 3.8) is 0 Å². The standard InChI is InChI=1S/C27H27N3O2/c1-3-19-9-12-22(13-10-19)28-27(31)30-15-5-8-24(30)26-29-23-17-21(11-14-25(23)32-26)20-7-4-6-18(2)16-20/h4,6-7,9-14,16-17,24H,3,5,8,15H2,1-2H3,(H,28,31). The van der Waals surface area contributed by atoms with Crippen molar-refractivity contribution >= 4 is 22.8 Å². The quantitative estimate of drug-likeness (QED) is 0.394. The molecule has 162 valence electrons. The van der Waals surface area contributed by atoms with Crippen LogP contribution in [0.3, 0.4) is 0 Å². The van der Waals surface area contributed by atoms with Gasteiger partial charge in [0.05, 0.1) is 0 Å². The van der Waals surface area contributed by atoms with Crippen molar-refractivity contribution in [2.75, 3.05) is 11.9 Å². The van der Waals surface area contributed by atoms with Gasteiger partial charge in [-0.3, -0.25) is 0 Å². The summed E-state index contributed by atoms with van der Waals surface area (Å²) in [6, 6.07) is 22.2. The van der Waals surface area contributed by atoms with Crippen LogP contribution in [0.15, 0.2) is 71.1 Å². The third-order valence-corrected chi connectivity index (χ3v) is 6.17. The molecule has 0 saturated carbocycles. The number of aromatic nitrogens is 1. The molecule has 1 fully saturated rings. The van der Waals surface area contributed by atoms with Crippen molar-refractivity contribution in [2.45, 2.75) is 39.2 Å². The van der Waals surface area contributed by atoms with Gasteiger partial charge in [0.25, 0.3) is 0 Å². The summed E-state index contributed by atoms with van der Waals surface area (Å²) >= 11 is 0. The number of fused-ring (bicyclic) bond motifs is 1. The van der Waals surface area contributed by atoms with E-state index in [9.17, 15) is 4.79 Å². The van der Waals surface area contributed by atoms with Gasteiger partial charge in [0.1, 0.15) is 11.6 Å². The monoisotopic (exact) mass is 425 g/mol. The normalized spacial score (nSPS) is 15.9. The number of aryl methyl sites for hydroxylation is 2. The third kappa shape index (κ3) is 3.98. The molecule has 1 atom stereocenters. The summed E-state index contributed by atoms with van der Waals surface area (Å²) in [5, 5.41) is 3.02. The van der Waals surface area contributed by atoms with Gasteiger partial charge in [0.15, 0.2) is 5.58 Å². The molecule has 1 aliphatic heterocycles. The van der Waals surface area contributed by atoms with Gasteiger partial charge in [0.2, 0.25) is 5.89 Å². The van der Waals surface area contributed by atoms with Gasteiger partial charge in [-0.15, -0.1) is 0 Å². The molecular formula is C27H27N3O2. The highest BCUT2D eigenvalue weighted by molar-refractivity contribution is 5.90. The Labute approximate surface area is 188 Å². The molecule has 1 unspecified atom stereocenters. The number of oxazole rings is 1. The molecule has 0 spiro atoms. The van der Waals surface area contributed by atoms with E-state index in [4.69, 9.17) is 9.40 Å². The number of rotatable bonds is 4. The Kier molecular flexibility index (Phi) is 5.39. The van der Waals surface area contributed by atoms with E-state index in [-0.39, 0.29) is 12.1 Å². The maximum atomic E-state index is 13.0. The van der Waals surface area contributed by atoms with E-state index in [1.54, 1.807) is 0 Å². The number of carbonyl (C=O) groups excluding carboxylic acids is 1. The zero-order valence-electron chi connectivity index (χ0n) is 18.5. The summed E-state index contributed by atoms with van der Waals surface area (Å²) in [7, 11) is 0. The molecule has 2 amide bonds. The minimum Gasteiger partial charge on any atom is -0.438 e. The lowest BCUT2D eigenvalue weighted by Crippen LogP contribution is -2.34. The van der Waals surface area contributed by atoms with Gasteiger partial charge in [0, 0.05) is 12.2 Å². The van der Waals surface area contributed by atoms with Gasteiger partial charge in [-0.05, 0) is 67.1 Å². The van der Waals surface area contributed by atoms with Crippen molar-refractivity contribution in [1.29, 1.82) is 0 Å². The molecule has 4 aromatic rings. The van der Waals surface area contributed by atoms with E-state index in [0.717, 1.165) is 47.2 Å². The number of nitrogens with zero attached hydrogens (tertiary/aromatic N) is 2. The number of hydrogen-bond acceptors (Lipinski definition) is 3. The predicted molar refractivity (Wildman–Crippen MR) is 128 cm³/mol. The Balaban J connectivity index is 1.37. The maximum Gasteiger partial charge on any atom is 0.322 e. The topological polar surface area (TPSA) is 58.4 Å². The first-order valence-electron chi connectivity index (χ1n) is 11.2. The van der Waals surface area contributed by atoms with Crippen LogP contribution in [0.4, 0.5) is 10.5 Å². The van der Waals surface area contributed by atoms with E-state index in [2.05, 4.69) is 55.6 Å². The molecule has 1 saturated heterocycles. The highest BCUT2D eigenvalue weighted by Crippen LogP contribution is 2.34. The van der Waals surface area contributed by atoms with Crippen molar-refractivity contribution < 1.29 is 9.21 Å². The molecule has 5 heteroatoms. The summed E-state index contributed by atoms with van der Waals surface area (Å²) in [6.45, 7) is 4.90. The first-order valence-corrected chi connectivity index (χ1v) is 11.2. The molecule has 1 aromatic heterocycles. The number of anilines is 1. The van der Waals surface area contributed by atoms with Crippen LogP contribution < -0.4 is 5.32 Å². The number of amides is 2. The number of hydrogen-bond donors (Lipinski definition) is 1. The lowest BCUT2D eigenvalue weighted by molar-refractivity contribution is 0.199. The number of urea groups is 1. The number of benzene rings is 3. The Morgan fingerprint density at radius 1 is 1.09 bits per heavy atom. The Bertz CT molecular complexity index is 1260. The van der Waals surface area contributed by atoms with E-state index < -0.39 is 0 Å². The fraction of sp³-hybridized carbons (Fsp3) is 0.259. The zero-order chi connectivity index (χ0) is 22.1. The second kappa shape index (κ2) is 8.50. The van der Waals surface area contributed by atoms with Crippen molar-refractivity contribution in [2.24, 2.45) is 0 Å². The molecule has 2 heterocycles. The summed E-state index contributed by atoms with van der Waals surface area (Å²) in [5.41, 5.74) is 7.11. The molecule has 5 rings (SSSR count).